The molecule has 0 amide bonds. The summed E-state index contributed by atoms with van der Waals surface area (Å²) in [5.41, 5.74) is 0. The molecule has 6 heteroatoms. The van der Waals surface area contributed by atoms with Crippen LogP contribution >= 0.6 is 11.6 Å². The van der Waals surface area contributed by atoms with Gasteiger partial charge in [-0.15, -0.1) is 0 Å². The van der Waals surface area contributed by atoms with Crippen LogP contribution in [0.2, 0.25) is 5.02 Å². The number of ether oxygens (including phenoxy) is 3. The van der Waals surface area contributed by atoms with Crippen LogP contribution in [0.3, 0.4) is 0 Å². The molecule has 1 aromatic carbocycles. The Morgan fingerprint density at radius 3 is 2.67 bits per heavy atom. The fourth-order valence-electron chi connectivity index (χ4n) is 1.59. The molecular weight excluding hydrogens is 294 g/mol. The van der Waals surface area contributed by atoms with Crippen LogP contribution in [0, 0.1) is 0 Å². The number of methoxy groups -OCH3 is 1. The van der Waals surface area contributed by atoms with Crippen LogP contribution in [-0.4, -0.2) is 57.8 Å². The molecule has 5 nitrogen and oxygen atoms in total. The molecular formula is C15H24ClNO4. The highest BCUT2D eigenvalue weighted by atomic mass is 35.5. The summed E-state index contributed by atoms with van der Waals surface area (Å²) in [7, 11) is 1.65. The first-order chi connectivity index (χ1) is 10.2. The molecule has 0 aliphatic heterocycles. The predicted octanol–water partition coefficient (Wildman–Crippen LogP) is 1.72. The first kappa shape index (κ1) is 18.2. The molecule has 1 atom stereocenters. The molecule has 2 N–H and O–H groups in total. The number of halogens is 1. The normalized spacial score (nSPS) is 12.3. The lowest BCUT2D eigenvalue weighted by molar-refractivity contribution is 0.0683. The van der Waals surface area contributed by atoms with E-state index >= 15 is 0 Å². The van der Waals surface area contributed by atoms with Gasteiger partial charge in [0.15, 0.2) is 0 Å². The quantitative estimate of drug-likeness (QED) is 0.575. The Morgan fingerprint density at radius 2 is 1.95 bits per heavy atom. The second-order valence-electron chi connectivity index (χ2n) is 4.58. The zero-order chi connectivity index (χ0) is 15.3. The van der Waals surface area contributed by atoms with E-state index in [1.54, 1.807) is 31.4 Å². The largest absolute Gasteiger partial charge is 0.491 e. The van der Waals surface area contributed by atoms with Crippen LogP contribution in [0.5, 0.6) is 5.75 Å². The van der Waals surface area contributed by atoms with E-state index in [0.717, 1.165) is 13.0 Å². The molecule has 0 spiro atoms. The lowest BCUT2D eigenvalue weighted by Gasteiger charge is -2.13. The van der Waals surface area contributed by atoms with Gasteiger partial charge in [0, 0.05) is 25.3 Å². The van der Waals surface area contributed by atoms with Crippen molar-refractivity contribution in [2.24, 2.45) is 0 Å². The predicted molar refractivity (Wildman–Crippen MR) is 83.1 cm³/mol. The Balaban J connectivity index is 1.96. The van der Waals surface area contributed by atoms with E-state index in [0.29, 0.717) is 37.1 Å². The fourth-order valence-corrected chi connectivity index (χ4v) is 1.72. The van der Waals surface area contributed by atoms with Gasteiger partial charge in [0.05, 0.1) is 13.2 Å². The number of aliphatic hydroxyl groups is 1. The molecule has 0 radical (unpaired) electrons. The van der Waals surface area contributed by atoms with Crippen LogP contribution in [-0.2, 0) is 9.47 Å². The number of rotatable bonds is 12. The maximum Gasteiger partial charge on any atom is 0.119 e. The van der Waals surface area contributed by atoms with E-state index < -0.39 is 6.10 Å². The number of benzene rings is 1. The van der Waals surface area contributed by atoms with E-state index in [1.165, 1.54) is 0 Å². The molecule has 0 saturated heterocycles. The van der Waals surface area contributed by atoms with Crippen molar-refractivity contribution in [1.82, 2.24) is 5.32 Å². The van der Waals surface area contributed by atoms with E-state index in [1.807, 2.05) is 0 Å². The summed E-state index contributed by atoms with van der Waals surface area (Å²) < 4.78 is 15.7. The maximum atomic E-state index is 9.78. The average Bonchev–Trinajstić information content (AvgIpc) is 2.49. The van der Waals surface area contributed by atoms with Gasteiger partial charge in [0.2, 0.25) is 0 Å². The van der Waals surface area contributed by atoms with Crippen molar-refractivity contribution in [2.75, 3.05) is 46.6 Å². The number of hydrogen-bond donors (Lipinski definition) is 2. The van der Waals surface area contributed by atoms with Crippen molar-refractivity contribution in [2.45, 2.75) is 12.5 Å². The Morgan fingerprint density at radius 1 is 1.19 bits per heavy atom. The summed E-state index contributed by atoms with van der Waals surface area (Å²) >= 11 is 5.78. The Bertz CT molecular complexity index is 361. The van der Waals surface area contributed by atoms with E-state index in [4.69, 9.17) is 25.8 Å². The van der Waals surface area contributed by atoms with Gasteiger partial charge in [0.1, 0.15) is 18.5 Å². The van der Waals surface area contributed by atoms with Gasteiger partial charge in [-0.1, -0.05) is 11.6 Å². The van der Waals surface area contributed by atoms with Crippen molar-refractivity contribution in [3.05, 3.63) is 29.3 Å². The van der Waals surface area contributed by atoms with Gasteiger partial charge in [-0.25, -0.2) is 0 Å². The van der Waals surface area contributed by atoms with Crippen LogP contribution in [0.4, 0.5) is 0 Å². The lowest BCUT2D eigenvalue weighted by Crippen LogP contribution is -2.32. The van der Waals surface area contributed by atoms with Gasteiger partial charge in [0.25, 0.3) is 0 Å². The summed E-state index contributed by atoms with van der Waals surface area (Å²) in [5, 5.41) is 13.6. The molecule has 0 aliphatic rings. The van der Waals surface area contributed by atoms with E-state index in [9.17, 15) is 5.11 Å². The second-order valence-corrected chi connectivity index (χ2v) is 5.02. The van der Waals surface area contributed by atoms with Crippen LogP contribution in [0.15, 0.2) is 24.3 Å². The number of aliphatic hydroxyl groups excluding tert-OH is 1. The van der Waals surface area contributed by atoms with Crippen molar-refractivity contribution in [3.63, 3.8) is 0 Å². The highest BCUT2D eigenvalue weighted by molar-refractivity contribution is 6.30. The summed E-state index contributed by atoms with van der Waals surface area (Å²) in [5.74, 6) is 0.699. The molecule has 1 unspecified atom stereocenters. The lowest BCUT2D eigenvalue weighted by atomic mass is 10.3. The molecule has 0 saturated carbocycles. The summed E-state index contributed by atoms with van der Waals surface area (Å²) in [4.78, 5) is 0. The topological polar surface area (TPSA) is 60.0 Å². The minimum absolute atomic E-state index is 0.249. The summed E-state index contributed by atoms with van der Waals surface area (Å²) in [6.07, 6.45) is 0.351. The van der Waals surface area contributed by atoms with Crippen LogP contribution < -0.4 is 10.1 Å². The third kappa shape index (κ3) is 9.66. The van der Waals surface area contributed by atoms with Crippen molar-refractivity contribution < 1.29 is 19.3 Å². The van der Waals surface area contributed by atoms with Gasteiger partial charge in [-0.2, -0.15) is 0 Å². The van der Waals surface area contributed by atoms with Gasteiger partial charge in [-0.3, -0.25) is 0 Å². The molecule has 0 aromatic heterocycles. The molecule has 120 valence electrons. The van der Waals surface area contributed by atoms with Gasteiger partial charge < -0.3 is 24.6 Å². The van der Waals surface area contributed by atoms with E-state index in [2.05, 4.69) is 5.32 Å². The summed E-state index contributed by atoms with van der Waals surface area (Å²) in [6, 6.07) is 7.07. The Kier molecular flexibility index (Phi) is 10.2. The molecule has 21 heavy (non-hydrogen) atoms. The highest BCUT2D eigenvalue weighted by Crippen LogP contribution is 2.15. The van der Waals surface area contributed by atoms with Crippen LogP contribution in [0.1, 0.15) is 6.42 Å². The van der Waals surface area contributed by atoms with Crippen LogP contribution in [0.25, 0.3) is 0 Å². The minimum Gasteiger partial charge on any atom is -0.491 e. The Hall–Kier alpha value is -0.850. The molecule has 0 fully saturated rings. The number of hydrogen-bond acceptors (Lipinski definition) is 5. The minimum atomic E-state index is -0.546. The smallest absolute Gasteiger partial charge is 0.119 e. The molecule has 0 aliphatic carbocycles. The zero-order valence-electron chi connectivity index (χ0n) is 12.4. The third-order valence-corrected chi connectivity index (χ3v) is 2.96. The first-order valence-electron chi connectivity index (χ1n) is 7.06. The van der Waals surface area contributed by atoms with Gasteiger partial charge >= 0.3 is 0 Å². The third-order valence-electron chi connectivity index (χ3n) is 2.71. The molecule has 0 heterocycles. The van der Waals surface area contributed by atoms with Crippen molar-refractivity contribution in [3.8, 4) is 5.75 Å². The zero-order valence-corrected chi connectivity index (χ0v) is 13.1. The molecule has 0 bridgehead atoms. The van der Waals surface area contributed by atoms with Crippen molar-refractivity contribution >= 4 is 11.6 Å². The SMILES string of the molecule is COCCOCCCNCC(O)COc1ccc(Cl)cc1. The van der Waals surface area contributed by atoms with Crippen molar-refractivity contribution in [1.29, 1.82) is 0 Å². The monoisotopic (exact) mass is 317 g/mol. The average molecular weight is 318 g/mol. The fraction of sp³-hybridized carbons (Fsp3) is 0.600. The maximum absolute atomic E-state index is 9.78. The standard InChI is InChI=1S/C15H24ClNO4/c1-19-9-10-20-8-2-7-17-11-14(18)12-21-15-5-3-13(16)4-6-15/h3-6,14,17-18H,2,7-12H2,1H3. The Labute approximate surface area is 131 Å². The number of nitrogens with one attached hydrogen (secondary N) is 1. The first-order valence-corrected chi connectivity index (χ1v) is 7.44. The molecule has 1 aromatic rings. The van der Waals surface area contributed by atoms with Gasteiger partial charge in [-0.05, 0) is 37.2 Å². The highest BCUT2D eigenvalue weighted by Gasteiger charge is 2.04. The summed E-state index contributed by atoms with van der Waals surface area (Å²) in [6.45, 7) is 3.46. The van der Waals surface area contributed by atoms with E-state index in [-0.39, 0.29) is 6.61 Å². The molecule has 1 rings (SSSR count). The second kappa shape index (κ2) is 11.8.